The second kappa shape index (κ2) is 9.35. The molecule has 0 aromatic heterocycles. The van der Waals surface area contributed by atoms with E-state index in [1.54, 1.807) is 42.5 Å². The number of halogens is 1. The molecule has 2 aromatic carbocycles. The molecular formula is C22H26FN3O2. The summed E-state index contributed by atoms with van der Waals surface area (Å²) >= 11 is 0. The molecule has 0 spiro atoms. The van der Waals surface area contributed by atoms with Crippen molar-refractivity contribution in [1.29, 1.82) is 0 Å². The van der Waals surface area contributed by atoms with Gasteiger partial charge in [0.1, 0.15) is 5.82 Å². The average Bonchev–Trinajstić information content (AvgIpc) is 2.69. The number of carbonyl (C=O) groups is 2. The van der Waals surface area contributed by atoms with Crippen molar-refractivity contribution in [3.05, 3.63) is 65.5 Å². The molecule has 1 fully saturated rings. The predicted molar refractivity (Wildman–Crippen MR) is 108 cm³/mol. The van der Waals surface area contributed by atoms with Gasteiger partial charge in [-0.25, -0.2) is 9.18 Å². The number of nitrogens with one attached hydrogen (secondary N) is 3. The Kier molecular flexibility index (Phi) is 6.63. The maximum absolute atomic E-state index is 13.6. The zero-order chi connectivity index (χ0) is 19.9. The van der Waals surface area contributed by atoms with E-state index in [1.165, 1.54) is 12.5 Å². The first-order chi connectivity index (χ1) is 13.5. The summed E-state index contributed by atoms with van der Waals surface area (Å²) in [5.74, 6) is -0.157. The van der Waals surface area contributed by atoms with Crippen LogP contribution in [0.25, 0.3) is 0 Å². The molecule has 1 saturated carbocycles. The van der Waals surface area contributed by atoms with Crippen LogP contribution in [0.4, 0.5) is 14.9 Å². The van der Waals surface area contributed by atoms with Crippen LogP contribution in [-0.2, 0) is 6.54 Å². The Morgan fingerprint density at radius 3 is 2.46 bits per heavy atom. The monoisotopic (exact) mass is 383 g/mol. The van der Waals surface area contributed by atoms with Gasteiger partial charge in [0.25, 0.3) is 5.91 Å². The quantitative estimate of drug-likeness (QED) is 0.714. The second-order valence-electron chi connectivity index (χ2n) is 7.32. The molecule has 2 unspecified atom stereocenters. The Bertz CT molecular complexity index is 823. The van der Waals surface area contributed by atoms with Crippen molar-refractivity contribution in [2.24, 2.45) is 5.92 Å². The fourth-order valence-electron chi connectivity index (χ4n) is 3.49. The normalized spacial score (nSPS) is 18.9. The molecule has 0 heterocycles. The number of hydrogen-bond acceptors (Lipinski definition) is 2. The highest BCUT2D eigenvalue weighted by atomic mass is 19.1. The van der Waals surface area contributed by atoms with E-state index in [4.69, 9.17) is 0 Å². The summed E-state index contributed by atoms with van der Waals surface area (Å²) < 4.78 is 13.6. The van der Waals surface area contributed by atoms with Gasteiger partial charge < -0.3 is 16.0 Å². The number of urea groups is 1. The van der Waals surface area contributed by atoms with Gasteiger partial charge in [-0.15, -0.1) is 0 Å². The van der Waals surface area contributed by atoms with Crippen LogP contribution in [0.5, 0.6) is 0 Å². The fraction of sp³-hybridized carbons (Fsp3) is 0.364. The third kappa shape index (κ3) is 5.31. The van der Waals surface area contributed by atoms with E-state index in [1.807, 2.05) is 0 Å². The zero-order valence-electron chi connectivity index (χ0n) is 16.0. The number of hydrogen-bond donors (Lipinski definition) is 3. The van der Waals surface area contributed by atoms with Gasteiger partial charge in [0.2, 0.25) is 0 Å². The van der Waals surface area contributed by atoms with Gasteiger partial charge in [-0.05, 0) is 49.1 Å². The zero-order valence-corrected chi connectivity index (χ0v) is 16.0. The minimum Gasteiger partial charge on any atom is -0.348 e. The van der Waals surface area contributed by atoms with Crippen molar-refractivity contribution in [2.45, 2.75) is 45.2 Å². The van der Waals surface area contributed by atoms with Gasteiger partial charge in [0, 0.05) is 29.4 Å². The van der Waals surface area contributed by atoms with E-state index in [-0.39, 0.29) is 30.3 Å². The highest BCUT2D eigenvalue weighted by Gasteiger charge is 2.22. The van der Waals surface area contributed by atoms with Crippen molar-refractivity contribution in [2.75, 3.05) is 5.32 Å². The molecule has 148 valence electrons. The summed E-state index contributed by atoms with van der Waals surface area (Å²) in [5.41, 5.74) is 1.50. The lowest BCUT2D eigenvalue weighted by Crippen LogP contribution is -2.43. The van der Waals surface area contributed by atoms with E-state index >= 15 is 0 Å². The average molecular weight is 383 g/mol. The summed E-state index contributed by atoms with van der Waals surface area (Å²) in [5, 5.41) is 8.54. The third-order valence-corrected chi connectivity index (χ3v) is 5.23. The molecular weight excluding hydrogens is 357 g/mol. The van der Waals surface area contributed by atoms with E-state index in [9.17, 15) is 14.0 Å². The van der Waals surface area contributed by atoms with E-state index < -0.39 is 0 Å². The van der Waals surface area contributed by atoms with Crippen LogP contribution in [0.1, 0.15) is 48.5 Å². The van der Waals surface area contributed by atoms with Gasteiger partial charge in [0.05, 0.1) is 0 Å². The second-order valence-corrected chi connectivity index (χ2v) is 7.32. The first-order valence-electron chi connectivity index (χ1n) is 9.72. The Hall–Kier alpha value is -2.89. The van der Waals surface area contributed by atoms with Crippen molar-refractivity contribution in [3.8, 4) is 0 Å². The van der Waals surface area contributed by atoms with Gasteiger partial charge in [0.15, 0.2) is 0 Å². The molecule has 3 amide bonds. The van der Waals surface area contributed by atoms with Crippen molar-refractivity contribution < 1.29 is 14.0 Å². The largest absolute Gasteiger partial charge is 0.348 e. The Labute approximate surface area is 164 Å². The first kappa shape index (κ1) is 19.9. The lowest BCUT2D eigenvalue weighted by atomic mass is 9.86. The van der Waals surface area contributed by atoms with Gasteiger partial charge in [-0.2, -0.15) is 0 Å². The third-order valence-electron chi connectivity index (χ3n) is 5.23. The molecule has 3 N–H and O–H groups in total. The van der Waals surface area contributed by atoms with Crippen LogP contribution in [-0.4, -0.2) is 18.0 Å². The number of rotatable bonds is 5. The number of carbonyl (C=O) groups excluding carboxylic acids is 2. The number of amides is 3. The van der Waals surface area contributed by atoms with Gasteiger partial charge in [-0.1, -0.05) is 38.0 Å². The summed E-state index contributed by atoms with van der Waals surface area (Å²) in [6.07, 6.45) is 4.52. The van der Waals surface area contributed by atoms with E-state index in [2.05, 4.69) is 22.9 Å². The molecule has 6 heteroatoms. The first-order valence-corrected chi connectivity index (χ1v) is 9.72. The minimum atomic E-state index is -0.347. The Morgan fingerprint density at radius 2 is 1.75 bits per heavy atom. The molecule has 2 aromatic rings. The highest BCUT2D eigenvalue weighted by Crippen LogP contribution is 2.23. The van der Waals surface area contributed by atoms with Gasteiger partial charge in [-0.3, -0.25) is 4.79 Å². The molecule has 5 nitrogen and oxygen atoms in total. The van der Waals surface area contributed by atoms with Crippen molar-refractivity contribution in [3.63, 3.8) is 0 Å². The van der Waals surface area contributed by atoms with Crippen molar-refractivity contribution in [1.82, 2.24) is 10.6 Å². The lowest BCUT2D eigenvalue weighted by molar-refractivity contribution is 0.0950. The number of benzene rings is 2. The standard InChI is InChI=1S/C22H26FN3O2/c1-15-6-2-5-9-20(15)26-22(28)25-18-12-10-16(11-13-18)21(27)24-14-17-7-3-4-8-19(17)23/h3-4,7-8,10-13,15,20H,2,5-6,9,14H2,1H3,(H,24,27)(H2,25,26,28). The topological polar surface area (TPSA) is 70.2 Å². The smallest absolute Gasteiger partial charge is 0.319 e. The molecule has 2 atom stereocenters. The fourth-order valence-corrected chi connectivity index (χ4v) is 3.49. The maximum Gasteiger partial charge on any atom is 0.319 e. The summed E-state index contributed by atoms with van der Waals surface area (Å²) in [7, 11) is 0. The van der Waals surface area contributed by atoms with Crippen LogP contribution in [0.3, 0.4) is 0 Å². The molecule has 0 aliphatic heterocycles. The molecule has 28 heavy (non-hydrogen) atoms. The Morgan fingerprint density at radius 1 is 1.04 bits per heavy atom. The minimum absolute atomic E-state index is 0.119. The Balaban J connectivity index is 1.50. The summed E-state index contributed by atoms with van der Waals surface area (Å²) in [6, 6.07) is 12.9. The van der Waals surface area contributed by atoms with Crippen LogP contribution in [0.15, 0.2) is 48.5 Å². The van der Waals surface area contributed by atoms with Crippen LogP contribution >= 0.6 is 0 Å². The summed E-state index contributed by atoms with van der Waals surface area (Å²) in [6.45, 7) is 2.28. The SMILES string of the molecule is CC1CCCCC1NC(=O)Nc1ccc(C(=O)NCc2ccccc2F)cc1. The summed E-state index contributed by atoms with van der Waals surface area (Å²) in [4.78, 5) is 24.4. The van der Waals surface area contributed by atoms with Gasteiger partial charge >= 0.3 is 6.03 Å². The van der Waals surface area contributed by atoms with Crippen LogP contribution < -0.4 is 16.0 Å². The molecule has 0 saturated heterocycles. The van der Waals surface area contributed by atoms with Crippen LogP contribution in [0.2, 0.25) is 0 Å². The maximum atomic E-state index is 13.6. The molecule has 3 rings (SSSR count). The molecule has 0 radical (unpaired) electrons. The highest BCUT2D eigenvalue weighted by molar-refractivity contribution is 5.95. The predicted octanol–water partition coefficient (Wildman–Crippen LogP) is 4.46. The molecule has 1 aliphatic rings. The van der Waals surface area contributed by atoms with E-state index in [0.29, 0.717) is 22.7 Å². The van der Waals surface area contributed by atoms with Crippen LogP contribution in [0, 0.1) is 11.7 Å². The van der Waals surface area contributed by atoms with Crippen molar-refractivity contribution >= 4 is 17.6 Å². The van der Waals surface area contributed by atoms with E-state index in [0.717, 1.165) is 19.3 Å². The molecule has 1 aliphatic carbocycles. The lowest BCUT2D eigenvalue weighted by Gasteiger charge is -2.29. The molecule has 0 bridgehead atoms. The number of anilines is 1.